The molecule has 0 aromatic heterocycles. The molecule has 0 aliphatic rings. The van der Waals surface area contributed by atoms with Crippen LogP contribution < -0.4 is 4.72 Å². The van der Waals surface area contributed by atoms with E-state index in [9.17, 15) is 8.42 Å². The first-order chi connectivity index (χ1) is 8.39. The fourth-order valence-corrected chi connectivity index (χ4v) is 3.28. The van der Waals surface area contributed by atoms with E-state index in [-0.39, 0.29) is 14.9 Å². The topological polar surface area (TPSA) is 70.0 Å². The predicted molar refractivity (Wildman–Crippen MR) is 71.1 cm³/mol. The van der Waals surface area contributed by atoms with E-state index in [0.29, 0.717) is 12.8 Å². The molecule has 7 heteroatoms. The molecule has 0 amide bonds. The van der Waals surface area contributed by atoms with E-state index in [2.05, 4.69) is 4.72 Å². The van der Waals surface area contributed by atoms with E-state index in [4.69, 9.17) is 28.5 Å². The second-order valence-corrected chi connectivity index (χ2v) is 6.28. The lowest BCUT2D eigenvalue weighted by Crippen LogP contribution is -2.33. The van der Waals surface area contributed by atoms with Gasteiger partial charge in [0.2, 0.25) is 10.0 Å². The summed E-state index contributed by atoms with van der Waals surface area (Å²) < 4.78 is 26.3. The van der Waals surface area contributed by atoms with E-state index >= 15 is 0 Å². The second kappa shape index (κ2) is 6.39. The van der Waals surface area contributed by atoms with Crippen molar-refractivity contribution in [3.63, 3.8) is 0 Å². The van der Waals surface area contributed by atoms with Gasteiger partial charge in [-0.05, 0) is 24.6 Å². The summed E-state index contributed by atoms with van der Waals surface area (Å²) in [6.07, 6.45) is 1.15. The highest BCUT2D eigenvalue weighted by Crippen LogP contribution is 2.22. The van der Waals surface area contributed by atoms with Crippen molar-refractivity contribution in [2.75, 3.05) is 0 Å². The van der Waals surface area contributed by atoms with Crippen molar-refractivity contribution in [3.8, 4) is 6.07 Å². The van der Waals surface area contributed by atoms with Crippen molar-refractivity contribution >= 4 is 33.2 Å². The van der Waals surface area contributed by atoms with Crippen molar-refractivity contribution in [1.29, 1.82) is 5.26 Å². The van der Waals surface area contributed by atoms with Gasteiger partial charge in [0.05, 0.1) is 11.0 Å². The molecular weight excluding hydrogens is 295 g/mol. The number of halogens is 2. The number of nitrogens with zero attached hydrogens (tertiary/aromatic N) is 1. The van der Waals surface area contributed by atoms with E-state index in [1.807, 2.05) is 13.0 Å². The van der Waals surface area contributed by atoms with E-state index in [0.717, 1.165) is 0 Å². The van der Waals surface area contributed by atoms with Crippen LogP contribution in [0, 0.1) is 11.3 Å². The largest absolute Gasteiger partial charge is 0.241 e. The molecule has 0 saturated heterocycles. The van der Waals surface area contributed by atoms with Gasteiger partial charge in [-0.3, -0.25) is 0 Å². The lowest BCUT2D eigenvalue weighted by atomic mass is 10.2. The van der Waals surface area contributed by atoms with E-state index < -0.39 is 16.1 Å². The maximum absolute atomic E-state index is 12.0. The van der Waals surface area contributed by atoms with E-state index in [1.165, 1.54) is 18.2 Å². The maximum atomic E-state index is 12.0. The minimum atomic E-state index is -3.78. The van der Waals surface area contributed by atoms with Gasteiger partial charge >= 0.3 is 0 Å². The molecule has 0 bridgehead atoms. The Hall–Kier alpha value is -0.800. The number of nitrogens with one attached hydrogen (secondary N) is 1. The molecule has 1 atom stereocenters. The molecule has 0 heterocycles. The molecule has 1 N–H and O–H groups in total. The quantitative estimate of drug-likeness (QED) is 0.909. The Morgan fingerprint density at radius 2 is 1.89 bits per heavy atom. The van der Waals surface area contributed by atoms with Gasteiger partial charge in [0, 0.05) is 10.0 Å². The minimum absolute atomic E-state index is 0.0450. The number of hydrogen-bond acceptors (Lipinski definition) is 3. The third-order valence-electron chi connectivity index (χ3n) is 2.18. The van der Waals surface area contributed by atoms with Crippen LogP contribution in [0.5, 0.6) is 0 Å². The Labute approximate surface area is 117 Å². The van der Waals surface area contributed by atoms with Gasteiger partial charge in [0.25, 0.3) is 0 Å². The zero-order chi connectivity index (χ0) is 13.8. The SMILES string of the molecule is CCCC(C#N)NS(=O)(=O)c1cc(Cl)cc(Cl)c1. The molecule has 0 fully saturated rings. The first-order valence-corrected chi connectivity index (χ1v) is 7.51. The smallest absolute Gasteiger partial charge is 0.207 e. The summed E-state index contributed by atoms with van der Waals surface area (Å²) in [5.74, 6) is 0. The third kappa shape index (κ3) is 4.14. The highest BCUT2D eigenvalue weighted by Gasteiger charge is 2.20. The standard InChI is InChI=1S/C11H12Cl2N2O2S/c1-2-3-10(7-14)15-18(16,17)11-5-8(12)4-9(13)6-11/h4-6,10,15H,2-3H2,1H3. The Bertz CT molecular complexity index is 547. The Morgan fingerprint density at radius 3 is 2.33 bits per heavy atom. The van der Waals surface area contributed by atoms with E-state index in [1.54, 1.807) is 0 Å². The van der Waals surface area contributed by atoms with Gasteiger partial charge in [0.1, 0.15) is 6.04 Å². The molecule has 0 aliphatic heterocycles. The Morgan fingerprint density at radius 1 is 1.33 bits per heavy atom. The van der Waals surface area contributed by atoms with Gasteiger partial charge in [-0.1, -0.05) is 36.5 Å². The van der Waals surface area contributed by atoms with Crippen LogP contribution in [-0.4, -0.2) is 14.5 Å². The number of nitriles is 1. The van der Waals surface area contributed by atoms with Gasteiger partial charge in [-0.25, -0.2) is 8.42 Å². The zero-order valence-electron chi connectivity index (χ0n) is 9.65. The highest BCUT2D eigenvalue weighted by atomic mass is 35.5. The fraction of sp³-hybridized carbons (Fsp3) is 0.364. The third-order valence-corrected chi connectivity index (χ3v) is 4.06. The van der Waals surface area contributed by atoms with Gasteiger partial charge in [-0.2, -0.15) is 9.98 Å². The summed E-state index contributed by atoms with van der Waals surface area (Å²) in [5.41, 5.74) is 0. The van der Waals surface area contributed by atoms with Crippen molar-refractivity contribution in [2.45, 2.75) is 30.7 Å². The first-order valence-electron chi connectivity index (χ1n) is 5.27. The molecule has 1 aromatic rings. The van der Waals surface area contributed by atoms with Crippen molar-refractivity contribution in [2.24, 2.45) is 0 Å². The molecule has 1 unspecified atom stereocenters. The van der Waals surface area contributed by atoms with Crippen LogP contribution in [0.4, 0.5) is 0 Å². The molecule has 18 heavy (non-hydrogen) atoms. The summed E-state index contributed by atoms with van der Waals surface area (Å²) in [7, 11) is -3.78. The average Bonchev–Trinajstić information content (AvgIpc) is 2.27. The molecule has 1 aromatic carbocycles. The molecule has 0 aliphatic carbocycles. The summed E-state index contributed by atoms with van der Waals surface area (Å²) in [5, 5.41) is 9.30. The van der Waals surface area contributed by atoms with Crippen LogP contribution in [0.2, 0.25) is 10.0 Å². The number of hydrogen-bond donors (Lipinski definition) is 1. The molecule has 0 spiro atoms. The van der Waals surface area contributed by atoms with Gasteiger partial charge < -0.3 is 0 Å². The number of benzene rings is 1. The summed E-state index contributed by atoms with van der Waals surface area (Å²) >= 11 is 11.5. The summed E-state index contributed by atoms with van der Waals surface area (Å²) in [6, 6.07) is 5.17. The monoisotopic (exact) mass is 306 g/mol. The Kier molecular flexibility index (Phi) is 5.42. The van der Waals surface area contributed by atoms with Crippen molar-refractivity contribution in [3.05, 3.63) is 28.2 Å². The molecule has 0 saturated carbocycles. The van der Waals surface area contributed by atoms with Crippen LogP contribution in [0.25, 0.3) is 0 Å². The number of sulfonamides is 1. The van der Waals surface area contributed by atoms with Crippen LogP contribution in [0.3, 0.4) is 0 Å². The Balaban J connectivity index is 3.03. The summed E-state index contributed by atoms with van der Waals surface area (Å²) in [6.45, 7) is 1.87. The molecule has 1 rings (SSSR count). The normalized spacial score (nSPS) is 13.0. The van der Waals surface area contributed by atoms with Crippen LogP contribution >= 0.6 is 23.2 Å². The van der Waals surface area contributed by atoms with Crippen molar-refractivity contribution < 1.29 is 8.42 Å². The zero-order valence-corrected chi connectivity index (χ0v) is 12.0. The van der Waals surface area contributed by atoms with Crippen LogP contribution in [0.15, 0.2) is 23.1 Å². The first kappa shape index (κ1) is 15.3. The van der Waals surface area contributed by atoms with Crippen LogP contribution in [-0.2, 0) is 10.0 Å². The summed E-state index contributed by atoms with van der Waals surface area (Å²) in [4.78, 5) is -0.0450. The average molecular weight is 307 g/mol. The minimum Gasteiger partial charge on any atom is -0.207 e. The molecule has 4 nitrogen and oxygen atoms in total. The second-order valence-electron chi connectivity index (χ2n) is 3.70. The highest BCUT2D eigenvalue weighted by molar-refractivity contribution is 7.89. The fourth-order valence-electron chi connectivity index (χ4n) is 1.38. The lowest BCUT2D eigenvalue weighted by Gasteiger charge is -2.11. The maximum Gasteiger partial charge on any atom is 0.241 e. The van der Waals surface area contributed by atoms with Crippen molar-refractivity contribution in [1.82, 2.24) is 4.72 Å². The lowest BCUT2D eigenvalue weighted by molar-refractivity contribution is 0.563. The van der Waals surface area contributed by atoms with Gasteiger partial charge in [0.15, 0.2) is 0 Å². The van der Waals surface area contributed by atoms with Crippen LogP contribution in [0.1, 0.15) is 19.8 Å². The predicted octanol–water partition coefficient (Wildman–Crippen LogP) is 2.96. The van der Waals surface area contributed by atoms with Gasteiger partial charge in [-0.15, -0.1) is 0 Å². The molecule has 0 radical (unpaired) electrons. The molecular formula is C11H12Cl2N2O2S. The molecule has 98 valence electrons. The number of rotatable bonds is 5.